The number of methoxy groups -OCH3 is 1. The number of nitrogens with zero attached hydrogens (tertiary/aromatic N) is 4. The summed E-state index contributed by atoms with van der Waals surface area (Å²) in [4.78, 5) is 21.9. The molecule has 9 heteroatoms. The fourth-order valence-electron chi connectivity index (χ4n) is 4.34. The van der Waals surface area contributed by atoms with Crippen LogP contribution in [0.15, 0.2) is 78.9 Å². The van der Waals surface area contributed by atoms with Crippen LogP contribution in [0, 0.1) is 5.82 Å². The summed E-state index contributed by atoms with van der Waals surface area (Å²) in [7, 11) is 1.55. The zero-order valence-corrected chi connectivity index (χ0v) is 22.4. The smallest absolute Gasteiger partial charge is 0.298 e. The third-order valence-electron chi connectivity index (χ3n) is 6.47. The molecule has 0 N–H and O–H groups in total. The van der Waals surface area contributed by atoms with Gasteiger partial charge < -0.3 is 14.4 Å². The molecule has 2 heterocycles. The normalized spacial score (nSPS) is 14.1. The van der Waals surface area contributed by atoms with Crippen LogP contribution >= 0.6 is 11.5 Å². The lowest BCUT2D eigenvalue weighted by molar-refractivity contribution is 0.0650. The Morgan fingerprint density at radius 1 is 1.00 bits per heavy atom. The minimum Gasteiger partial charge on any atom is -0.493 e. The van der Waals surface area contributed by atoms with Gasteiger partial charge in [-0.2, -0.15) is 9.36 Å². The van der Waals surface area contributed by atoms with Crippen molar-refractivity contribution in [3.05, 3.63) is 107 Å². The molecule has 1 saturated heterocycles. The van der Waals surface area contributed by atoms with Gasteiger partial charge in [0.2, 0.25) is 0 Å². The molecule has 39 heavy (non-hydrogen) atoms. The van der Waals surface area contributed by atoms with Gasteiger partial charge in [0.05, 0.1) is 7.11 Å². The first kappa shape index (κ1) is 26.5. The van der Waals surface area contributed by atoms with Crippen LogP contribution in [-0.2, 0) is 6.42 Å². The van der Waals surface area contributed by atoms with Crippen LogP contribution in [0.1, 0.15) is 27.3 Å². The second kappa shape index (κ2) is 12.6. The number of amides is 1. The van der Waals surface area contributed by atoms with E-state index >= 15 is 0 Å². The maximum atomic E-state index is 13.3. The van der Waals surface area contributed by atoms with E-state index in [-0.39, 0.29) is 11.7 Å². The van der Waals surface area contributed by atoms with Gasteiger partial charge >= 0.3 is 0 Å². The Hall–Kier alpha value is -4.08. The van der Waals surface area contributed by atoms with Crippen LogP contribution < -0.4 is 9.47 Å². The van der Waals surface area contributed by atoms with Crippen molar-refractivity contribution in [2.45, 2.75) is 6.42 Å². The van der Waals surface area contributed by atoms with E-state index in [2.05, 4.69) is 38.5 Å². The quantitative estimate of drug-likeness (QED) is 0.276. The van der Waals surface area contributed by atoms with Crippen molar-refractivity contribution < 1.29 is 18.7 Å². The van der Waals surface area contributed by atoms with Crippen LogP contribution in [0.4, 0.5) is 4.39 Å². The average molecular weight is 545 g/mol. The number of hydrogen-bond donors (Lipinski definition) is 0. The first-order valence-electron chi connectivity index (χ1n) is 12.7. The fourth-order valence-corrected chi connectivity index (χ4v) is 4.90. The number of rotatable bonds is 9. The Balaban J connectivity index is 1.18. The summed E-state index contributed by atoms with van der Waals surface area (Å²) < 4.78 is 29.0. The topological polar surface area (TPSA) is 67.8 Å². The predicted molar refractivity (Wildman–Crippen MR) is 150 cm³/mol. The molecular weight excluding hydrogens is 515 g/mol. The van der Waals surface area contributed by atoms with Gasteiger partial charge in [0.15, 0.2) is 17.3 Å². The lowest BCUT2D eigenvalue weighted by atomic mass is 10.1. The summed E-state index contributed by atoms with van der Waals surface area (Å²) in [5.41, 5.74) is 2.61. The molecule has 4 aromatic rings. The molecule has 7 nitrogen and oxygen atoms in total. The van der Waals surface area contributed by atoms with Crippen molar-refractivity contribution in [2.24, 2.45) is 0 Å². The number of hydrogen-bond acceptors (Lipinski definition) is 7. The highest BCUT2D eigenvalue weighted by atomic mass is 32.1. The highest BCUT2D eigenvalue weighted by molar-refractivity contribution is 7.07. The zero-order chi connectivity index (χ0) is 27.0. The van der Waals surface area contributed by atoms with Crippen molar-refractivity contribution >= 4 is 23.5 Å². The molecule has 1 fully saturated rings. The zero-order valence-electron chi connectivity index (χ0n) is 21.6. The van der Waals surface area contributed by atoms with Crippen LogP contribution in [0.3, 0.4) is 0 Å². The summed E-state index contributed by atoms with van der Waals surface area (Å²) in [5.74, 6) is 1.14. The van der Waals surface area contributed by atoms with E-state index in [0.29, 0.717) is 47.6 Å². The van der Waals surface area contributed by atoms with Crippen molar-refractivity contribution in [3.8, 4) is 16.7 Å². The average Bonchev–Trinajstić information content (AvgIpc) is 3.41. The molecule has 0 radical (unpaired) electrons. The Bertz CT molecular complexity index is 1420. The summed E-state index contributed by atoms with van der Waals surface area (Å²) in [6, 6.07) is 21.6. The van der Waals surface area contributed by atoms with E-state index in [1.54, 1.807) is 37.4 Å². The molecule has 1 amide bonds. The van der Waals surface area contributed by atoms with E-state index < -0.39 is 0 Å². The summed E-state index contributed by atoms with van der Waals surface area (Å²) in [6.07, 6.45) is 4.75. The maximum Gasteiger partial charge on any atom is 0.298 e. The largest absolute Gasteiger partial charge is 0.493 e. The Morgan fingerprint density at radius 3 is 2.51 bits per heavy atom. The van der Waals surface area contributed by atoms with Gasteiger partial charge in [0.1, 0.15) is 5.82 Å². The van der Waals surface area contributed by atoms with Crippen LogP contribution in [0.2, 0.25) is 0 Å². The lowest BCUT2D eigenvalue weighted by Gasteiger charge is -2.34. The number of aromatic nitrogens is 2. The highest BCUT2D eigenvalue weighted by Gasteiger charge is 2.23. The number of benzene rings is 3. The van der Waals surface area contributed by atoms with Gasteiger partial charge in [-0.1, -0.05) is 54.6 Å². The van der Waals surface area contributed by atoms with Gasteiger partial charge in [-0.15, -0.1) is 0 Å². The van der Waals surface area contributed by atoms with Crippen LogP contribution in [0.25, 0.3) is 6.08 Å². The molecule has 0 spiro atoms. The first-order chi connectivity index (χ1) is 19.1. The van der Waals surface area contributed by atoms with E-state index in [0.717, 1.165) is 36.7 Å². The minimum absolute atomic E-state index is 0.0451. The van der Waals surface area contributed by atoms with Crippen molar-refractivity contribution in [1.82, 2.24) is 19.2 Å². The molecule has 1 aromatic heterocycles. The molecular formula is C30H29FN4O3S. The van der Waals surface area contributed by atoms with Gasteiger partial charge in [0, 0.05) is 56.2 Å². The van der Waals surface area contributed by atoms with E-state index in [4.69, 9.17) is 9.47 Å². The highest BCUT2D eigenvalue weighted by Crippen LogP contribution is 2.33. The Kier molecular flexibility index (Phi) is 8.60. The van der Waals surface area contributed by atoms with Crippen LogP contribution in [0.5, 0.6) is 16.7 Å². The molecule has 0 bridgehead atoms. The van der Waals surface area contributed by atoms with E-state index in [1.165, 1.54) is 17.7 Å². The second-order valence-electron chi connectivity index (χ2n) is 9.15. The molecule has 3 aromatic carbocycles. The molecule has 0 atom stereocenters. The number of halogens is 1. The van der Waals surface area contributed by atoms with Gasteiger partial charge in [-0.3, -0.25) is 9.69 Å². The minimum atomic E-state index is -0.284. The number of carbonyl (C=O) groups is 1. The standard InChI is InChI=1S/C30H29FN4O3S/c1-37-26-14-11-24(21-27(26)38-30-32-28(33-39-30)20-23-9-12-25(31)13-10-23)29(36)35-18-16-34(17-19-35)15-5-8-22-6-3-2-4-7-22/h2-14,21H,15-20H2,1H3. The van der Waals surface area contributed by atoms with E-state index in [1.807, 2.05) is 23.1 Å². The monoisotopic (exact) mass is 544 g/mol. The third-order valence-corrected chi connectivity index (χ3v) is 7.10. The molecule has 1 aliphatic rings. The molecule has 200 valence electrons. The lowest BCUT2D eigenvalue weighted by Crippen LogP contribution is -2.48. The number of piperazine rings is 1. The molecule has 5 rings (SSSR count). The first-order valence-corrected chi connectivity index (χ1v) is 13.5. The molecule has 0 aliphatic carbocycles. The van der Waals surface area contributed by atoms with Crippen molar-refractivity contribution in [3.63, 3.8) is 0 Å². The Labute approximate surface area is 231 Å². The van der Waals surface area contributed by atoms with Gasteiger partial charge in [-0.05, 0) is 41.5 Å². The summed E-state index contributed by atoms with van der Waals surface area (Å²) in [6.45, 7) is 3.78. The fraction of sp³-hybridized carbons (Fsp3) is 0.233. The second-order valence-corrected chi connectivity index (χ2v) is 9.87. The Morgan fingerprint density at radius 2 is 1.77 bits per heavy atom. The van der Waals surface area contributed by atoms with Crippen LogP contribution in [-0.4, -0.2) is 64.9 Å². The third kappa shape index (κ3) is 7.07. The summed E-state index contributed by atoms with van der Waals surface area (Å²) >= 11 is 1.11. The van der Waals surface area contributed by atoms with Crippen molar-refractivity contribution in [2.75, 3.05) is 39.8 Å². The van der Waals surface area contributed by atoms with Gasteiger partial charge in [-0.25, -0.2) is 4.39 Å². The number of carbonyl (C=O) groups excluding carboxylic acids is 1. The van der Waals surface area contributed by atoms with E-state index in [9.17, 15) is 9.18 Å². The SMILES string of the molecule is COc1ccc(C(=O)N2CCN(CC=Cc3ccccc3)CC2)cc1Oc1nc(Cc2ccc(F)cc2)ns1. The maximum absolute atomic E-state index is 13.3. The summed E-state index contributed by atoms with van der Waals surface area (Å²) in [5, 5.41) is 0.340. The van der Waals surface area contributed by atoms with Gasteiger partial charge in [0.25, 0.3) is 11.1 Å². The predicted octanol–water partition coefficient (Wildman–Crippen LogP) is 5.54. The number of ether oxygens (including phenoxy) is 2. The molecule has 1 aliphatic heterocycles. The molecule has 0 saturated carbocycles. The molecule has 0 unspecified atom stereocenters. The van der Waals surface area contributed by atoms with Crippen molar-refractivity contribution in [1.29, 1.82) is 0 Å².